The summed E-state index contributed by atoms with van der Waals surface area (Å²) >= 11 is 0. The molecule has 0 aromatic heterocycles. The van der Waals surface area contributed by atoms with Crippen LogP contribution in [0.25, 0.3) is 0 Å². The first kappa shape index (κ1) is 12.6. The van der Waals surface area contributed by atoms with E-state index in [2.05, 4.69) is 9.25 Å². The molecule has 2 amide bonds. The van der Waals surface area contributed by atoms with E-state index < -0.39 is 19.4 Å². The van der Waals surface area contributed by atoms with Gasteiger partial charge in [-0.25, -0.2) is 15.5 Å². The molecule has 0 aliphatic carbocycles. The Morgan fingerprint density at radius 1 is 1.21 bits per heavy atom. The second kappa shape index (κ2) is 5.34. The molecule has 0 aromatic carbocycles. The highest BCUT2D eigenvalue weighted by molar-refractivity contribution is 7.59. The number of hydroxylamine groups is 2. The molecule has 0 spiro atoms. The van der Waals surface area contributed by atoms with Gasteiger partial charge < -0.3 is 0 Å². The lowest BCUT2D eigenvalue weighted by Gasteiger charge is -2.09. The average molecular weight is 221 g/mol. The van der Waals surface area contributed by atoms with Gasteiger partial charge in [0.2, 0.25) is 11.8 Å². The van der Waals surface area contributed by atoms with Crippen LogP contribution in [0.5, 0.6) is 0 Å². The lowest BCUT2D eigenvalue weighted by molar-refractivity contribution is -0.127. The monoisotopic (exact) mass is 221 g/mol. The summed E-state index contributed by atoms with van der Waals surface area (Å²) in [7, 11) is -4.17. The summed E-state index contributed by atoms with van der Waals surface area (Å²) in [5, 5.41) is 8.35. The number of rotatable bonds is 4. The molecule has 0 fully saturated rings. The summed E-state index contributed by atoms with van der Waals surface area (Å²) in [6, 6.07) is 0. The summed E-state index contributed by atoms with van der Waals surface area (Å²) in [5.41, 5.74) is 3.32. The van der Waals surface area contributed by atoms with Crippen LogP contribution in [0.15, 0.2) is 0 Å². The summed E-state index contributed by atoms with van der Waals surface area (Å²) in [5.74, 6) is -0.150. The van der Waals surface area contributed by atoms with Crippen LogP contribution in [0.2, 0.25) is 0 Å². The van der Waals surface area contributed by atoms with Crippen LogP contribution in [0.4, 0.5) is 0 Å². The highest BCUT2D eigenvalue weighted by Gasteiger charge is 2.27. The van der Waals surface area contributed by atoms with Gasteiger partial charge in [0.05, 0.1) is 0 Å². The van der Waals surface area contributed by atoms with Crippen molar-refractivity contribution in [1.82, 2.24) is 11.0 Å². The highest BCUT2D eigenvalue weighted by atomic mass is 31.2. The Kier molecular flexibility index (Phi) is 4.80. The molecular formula is C5H8N3O5P. The van der Waals surface area contributed by atoms with Crippen LogP contribution >= 0.6 is 7.60 Å². The minimum absolute atomic E-state index is 0.660. The van der Waals surface area contributed by atoms with Gasteiger partial charge in [-0.05, 0) is 0 Å². The van der Waals surface area contributed by atoms with Crippen LogP contribution in [0.3, 0.4) is 0 Å². The third-order valence-electron chi connectivity index (χ3n) is 0.742. The molecule has 0 rings (SSSR count). The zero-order valence-electron chi connectivity index (χ0n) is 7.44. The lowest BCUT2D eigenvalue weighted by Crippen LogP contribution is -2.23. The molecule has 0 heterocycles. The Hall–Kier alpha value is -1.42. The van der Waals surface area contributed by atoms with Gasteiger partial charge >= 0.3 is 7.60 Å². The molecule has 0 aliphatic rings. The van der Waals surface area contributed by atoms with E-state index >= 15 is 0 Å². The molecule has 14 heavy (non-hydrogen) atoms. The van der Waals surface area contributed by atoms with Gasteiger partial charge in [-0.3, -0.25) is 9.59 Å². The summed E-state index contributed by atoms with van der Waals surface area (Å²) < 4.78 is 19.5. The van der Waals surface area contributed by atoms with Crippen molar-refractivity contribution in [3.63, 3.8) is 0 Å². The fourth-order valence-electron chi connectivity index (χ4n) is 0.308. The molecule has 0 aromatic rings. The topological polar surface area (TPSA) is 118 Å². The van der Waals surface area contributed by atoms with Crippen molar-refractivity contribution >= 4 is 19.4 Å². The van der Waals surface area contributed by atoms with Crippen LogP contribution in [-0.2, 0) is 23.4 Å². The Labute approximate surface area is 79.6 Å². The van der Waals surface area contributed by atoms with Gasteiger partial charge in [0.15, 0.2) is 5.81 Å². The molecule has 0 saturated heterocycles. The first-order chi connectivity index (χ1) is 6.39. The number of hydrogen-bond donors (Lipinski definition) is 2. The van der Waals surface area contributed by atoms with E-state index in [1.54, 1.807) is 11.0 Å². The fourth-order valence-corrected chi connectivity index (χ4v) is 0.925. The molecule has 0 radical (unpaired) electrons. The van der Waals surface area contributed by atoms with Crippen molar-refractivity contribution in [2.45, 2.75) is 13.8 Å². The maximum Gasteiger partial charge on any atom is 0.473 e. The Bertz CT molecular complexity index is 300. The van der Waals surface area contributed by atoms with E-state index in [-0.39, 0.29) is 0 Å². The molecule has 8 nitrogen and oxygen atoms in total. The standard InChI is InChI=1S/C5H8N3O5P/c1-4(9)7-12-14(11,3-6)13-8-5(2)10/h1-2H3,(H,7,9)(H,8,10). The van der Waals surface area contributed by atoms with Crippen LogP contribution in [0.1, 0.15) is 13.8 Å². The van der Waals surface area contributed by atoms with Gasteiger partial charge in [-0.2, -0.15) is 14.5 Å². The summed E-state index contributed by atoms with van der Waals surface area (Å²) in [6.45, 7) is 2.17. The van der Waals surface area contributed by atoms with Gasteiger partial charge in [0, 0.05) is 13.8 Å². The molecule has 0 unspecified atom stereocenters. The second-order valence-corrected chi connectivity index (χ2v) is 3.66. The number of carbonyl (C=O) groups excluding carboxylic acids is 2. The zero-order valence-corrected chi connectivity index (χ0v) is 8.33. The Morgan fingerprint density at radius 3 is 1.79 bits per heavy atom. The van der Waals surface area contributed by atoms with Crippen molar-refractivity contribution in [3.05, 3.63) is 0 Å². The number of nitrogens with one attached hydrogen (secondary N) is 2. The molecule has 0 aliphatic heterocycles. The number of hydrogen-bond acceptors (Lipinski definition) is 6. The number of nitriles is 1. The Morgan fingerprint density at radius 2 is 1.57 bits per heavy atom. The highest BCUT2D eigenvalue weighted by Crippen LogP contribution is 2.44. The lowest BCUT2D eigenvalue weighted by atomic mass is 10.8. The minimum Gasteiger partial charge on any atom is -0.273 e. The molecule has 78 valence electrons. The third kappa shape index (κ3) is 5.27. The average Bonchev–Trinajstić information content (AvgIpc) is 2.11. The van der Waals surface area contributed by atoms with E-state index in [0.717, 1.165) is 13.8 Å². The van der Waals surface area contributed by atoms with Crippen molar-refractivity contribution in [2.24, 2.45) is 0 Å². The van der Waals surface area contributed by atoms with Crippen LogP contribution in [0, 0.1) is 11.1 Å². The third-order valence-corrected chi connectivity index (χ3v) is 1.65. The van der Waals surface area contributed by atoms with Gasteiger partial charge in [-0.1, -0.05) is 0 Å². The molecule has 0 saturated carbocycles. The maximum absolute atomic E-state index is 11.2. The van der Waals surface area contributed by atoms with Crippen LogP contribution < -0.4 is 11.0 Å². The van der Waals surface area contributed by atoms with E-state index in [0.29, 0.717) is 0 Å². The molecule has 0 atom stereocenters. The van der Waals surface area contributed by atoms with Crippen LogP contribution in [-0.4, -0.2) is 11.8 Å². The normalized spacial score (nSPS) is 10.1. The Balaban J connectivity index is 4.21. The van der Waals surface area contributed by atoms with Gasteiger partial charge in [-0.15, -0.1) is 0 Å². The zero-order chi connectivity index (χ0) is 11.2. The van der Waals surface area contributed by atoms with Gasteiger partial charge in [0.25, 0.3) is 0 Å². The molecule has 2 N–H and O–H groups in total. The minimum atomic E-state index is -4.17. The van der Waals surface area contributed by atoms with Crippen molar-refractivity contribution in [3.8, 4) is 5.81 Å². The largest absolute Gasteiger partial charge is 0.473 e. The fraction of sp³-hybridized carbons (Fsp3) is 0.400. The maximum atomic E-state index is 11.2. The molecule has 0 bridgehead atoms. The van der Waals surface area contributed by atoms with E-state index in [1.807, 2.05) is 0 Å². The second-order valence-electron chi connectivity index (χ2n) is 2.10. The summed E-state index contributed by atoms with van der Waals surface area (Å²) in [4.78, 5) is 20.7. The first-order valence-corrected chi connectivity index (χ1v) is 4.85. The predicted octanol–water partition coefficient (Wildman–Crippen LogP) is -0.204. The predicted molar refractivity (Wildman–Crippen MR) is 43.0 cm³/mol. The SMILES string of the molecule is CC(=O)NOP(=O)(C#N)ONC(C)=O. The van der Waals surface area contributed by atoms with E-state index in [4.69, 9.17) is 5.26 Å². The van der Waals surface area contributed by atoms with E-state index in [1.165, 1.54) is 5.81 Å². The number of amides is 2. The number of nitrogens with zero attached hydrogens (tertiary/aromatic N) is 1. The van der Waals surface area contributed by atoms with E-state index in [9.17, 15) is 14.2 Å². The molecule has 9 heteroatoms. The molecular weight excluding hydrogens is 213 g/mol. The summed E-state index contributed by atoms with van der Waals surface area (Å²) in [6.07, 6.45) is 0. The quantitative estimate of drug-likeness (QED) is 0.501. The van der Waals surface area contributed by atoms with Crippen molar-refractivity contribution in [1.29, 1.82) is 5.26 Å². The van der Waals surface area contributed by atoms with Crippen molar-refractivity contribution in [2.75, 3.05) is 0 Å². The number of carbonyl (C=O) groups is 2. The smallest absolute Gasteiger partial charge is 0.273 e. The first-order valence-electron chi connectivity index (χ1n) is 3.31. The van der Waals surface area contributed by atoms with Crippen molar-refractivity contribution < 1.29 is 23.4 Å². The van der Waals surface area contributed by atoms with Gasteiger partial charge in [0.1, 0.15) is 0 Å².